The third-order valence-corrected chi connectivity index (χ3v) is 4.03. The lowest BCUT2D eigenvalue weighted by molar-refractivity contribution is 0.0593. The Morgan fingerprint density at radius 1 is 1.32 bits per heavy atom. The molecule has 2 fully saturated rings. The highest BCUT2D eigenvalue weighted by atomic mass is 16.5. The molecule has 0 bridgehead atoms. The number of aromatic nitrogens is 2. The zero-order valence-electron chi connectivity index (χ0n) is 11.1. The number of hydrogen-bond acceptors (Lipinski definition) is 5. The molecule has 1 aromatic rings. The molecule has 0 radical (unpaired) electrons. The van der Waals surface area contributed by atoms with E-state index in [2.05, 4.69) is 20.3 Å². The Hall–Kier alpha value is -1.65. The minimum absolute atomic E-state index is 0.244. The zero-order valence-corrected chi connectivity index (χ0v) is 11.1. The molecular weight excluding hydrogens is 242 g/mol. The topological polar surface area (TPSA) is 64.1 Å². The summed E-state index contributed by atoms with van der Waals surface area (Å²) < 4.78 is 4.59. The van der Waals surface area contributed by atoms with Gasteiger partial charge in [0, 0.05) is 6.54 Å². The van der Waals surface area contributed by atoms with Gasteiger partial charge in [-0.1, -0.05) is 0 Å². The van der Waals surface area contributed by atoms with Crippen molar-refractivity contribution in [3.63, 3.8) is 0 Å². The Morgan fingerprint density at radius 2 is 2.00 bits per heavy atom. The van der Waals surface area contributed by atoms with Crippen LogP contribution in [0.5, 0.6) is 0 Å². The molecule has 2 saturated carbocycles. The normalized spacial score (nSPS) is 18.4. The van der Waals surface area contributed by atoms with E-state index < -0.39 is 5.97 Å². The summed E-state index contributed by atoms with van der Waals surface area (Å²) in [4.78, 5) is 11.2. The summed E-state index contributed by atoms with van der Waals surface area (Å²) >= 11 is 0. The van der Waals surface area contributed by atoms with E-state index in [4.69, 9.17) is 0 Å². The largest absolute Gasteiger partial charge is 0.464 e. The lowest BCUT2D eigenvalue weighted by Crippen LogP contribution is -2.19. The van der Waals surface area contributed by atoms with Gasteiger partial charge in [-0.15, -0.1) is 10.2 Å². The van der Waals surface area contributed by atoms with E-state index in [-0.39, 0.29) is 5.69 Å². The summed E-state index contributed by atoms with van der Waals surface area (Å²) in [6.07, 6.45) is 5.54. The van der Waals surface area contributed by atoms with E-state index in [1.165, 1.54) is 32.8 Å². The summed E-state index contributed by atoms with van der Waals surface area (Å²) in [5.74, 6) is 2.92. The second-order valence-electron chi connectivity index (χ2n) is 5.52. The van der Waals surface area contributed by atoms with Crippen molar-refractivity contribution in [2.45, 2.75) is 25.7 Å². The van der Waals surface area contributed by atoms with E-state index in [9.17, 15) is 4.79 Å². The maximum absolute atomic E-state index is 11.2. The third-order valence-electron chi connectivity index (χ3n) is 4.03. The van der Waals surface area contributed by atoms with Crippen LogP contribution in [0.2, 0.25) is 0 Å². The molecule has 0 unspecified atom stereocenters. The average molecular weight is 261 g/mol. The number of carbonyl (C=O) groups excluding carboxylic acids is 1. The predicted octanol–water partition coefficient (Wildman–Crippen LogP) is 2.11. The van der Waals surface area contributed by atoms with Crippen molar-refractivity contribution in [3.8, 4) is 0 Å². The fraction of sp³-hybridized carbons (Fsp3) is 0.643. The van der Waals surface area contributed by atoms with Crippen LogP contribution in [-0.4, -0.2) is 29.8 Å². The van der Waals surface area contributed by atoms with E-state index >= 15 is 0 Å². The molecule has 102 valence electrons. The Balaban J connectivity index is 1.55. The average Bonchev–Trinajstić information content (AvgIpc) is 3.31. The van der Waals surface area contributed by atoms with E-state index in [0.717, 1.165) is 30.1 Å². The first-order valence-corrected chi connectivity index (χ1v) is 6.94. The lowest BCUT2D eigenvalue weighted by atomic mass is 9.98. The van der Waals surface area contributed by atoms with Gasteiger partial charge in [0.1, 0.15) is 5.82 Å². The molecule has 2 aliphatic rings. The number of rotatable bonds is 6. The highest BCUT2D eigenvalue weighted by Crippen LogP contribution is 2.49. The summed E-state index contributed by atoms with van der Waals surface area (Å²) in [6, 6.07) is 3.43. The summed E-state index contributed by atoms with van der Waals surface area (Å²) in [6.45, 7) is 0.974. The van der Waals surface area contributed by atoms with Crippen LogP contribution in [0.15, 0.2) is 12.1 Å². The predicted molar refractivity (Wildman–Crippen MR) is 70.8 cm³/mol. The Morgan fingerprint density at radius 3 is 2.47 bits per heavy atom. The highest BCUT2D eigenvalue weighted by molar-refractivity contribution is 5.86. The van der Waals surface area contributed by atoms with Gasteiger partial charge in [0.15, 0.2) is 5.69 Å². The molecule has 3 rings (SSSR count). The summed E-state index contributed by atoms with van der Waals surface area (Å²) in [7, 11) is 1.34. The minimum Gasteiger partial charge on any atom is -0.464 e. The Labute approximate surface area is 112 Å². The number of ether oxygens (including phenoxy) is 1. The zero-order chi connectivity index (χ0) is 13.2. The van der Waals surface area contributed by atoms with Crippen LogP contribution in [0.3, 0.4) is 0 Å². The van der Waals surface area contributed by atoms with Crippen molar-refractivity contribution in [2.75, 3.05) is 19.0 Å². The van der Waals surface area contributed by atoms with Crippen LogP contribution >= 0.6 is 0 Å². The molecule has 5 nitrogen and oxygen atoms in total. The summed E-state index contributed by atoms with van der Waals surface area (Å²) in [5, 5.41) is 11.2. The van der Waals surface area contributed by atoms with Gasteiger partial charge in [-0.25, -0.2) is 4.79 Å². The van der Waals surface area contributed by atoms with Crippen molar-refractivity contribution >= 4 is 11.8 Å². The van der Waals surface area contributed by atoms with E-state index in [1.807, 2.05) is 0 Å². The molecule has 0 atom stereocenters. The molecule has 0 saturated heterocycles. The molecule has 1 heterocycles. The first kappa shape index (κ1) is 12.4. The molecule has 19 heavy (non-hydrogen) atoms. The number of nitrogens with zero attached hydrogens (tertiary/aromatic N) is 2. The van der Waals surface area contributed by atoms with Crippen LogP contribution in [-0.2, 0) is 4.74 Å². The number of hydrogen-bond donors (Lipinski definition) is 1. The number of esters is 1. The smallest absolute Gasteiger partial charge is 0.358 e. The maximum Gasteiger partial charge on any atom is 0.358 e. The van der Waals surface area contributed by atoms with Gasteiger partial charge in [-0.3, -0.25) is 0 Å². The van der Waals surface area contributed by atoms with Crippen LogP contribution in [0, 0.1) is 17.8 Å². The molecule has 0 spiro atoms. The molecule has 0 amide bonds. The van der Waals surface area contributed by atoms with Crippen molar-refractivity contribution in [1.29, 1.82) is 0 Å². The molecule has 0 aliphatic heterocycles. The monoisotopic (exact) mass is 261 g/mol. The molecule has 1 N–H and O–H groups in total. The lowest BCUT2D eigenvalue weighted by Gasteiger charge is -2.16. The maximum atomic E-state index is 11.2. The van der Waals surface area contributed by atoms with Gasteiger partial charge in [-0.05, 0) is 55.6 Å². The first-order chi connectivity index (χ1) is 9.28. The van der Waals surface area contributed by atoms with Gasteiger partial charge < -0.3 is 10.1 Å². The molecule has 0 aromatic carbocycles. The molecule has 5 heteroatoms. The minimum atomic E-state index is -0.451. The Kier molecular flexibility index (Phi) is 3.36. The number of carbonyl (C=O) groups is 1. The van der Waals surface area contributed by atoms with Gasteiger partial charge in [0.05, 0.1) is 7.11 Å². The fourth-order valence-electron chi connectivity index (χ4n) is 2.63. The molecule has 2 aliphatic carbocycles. The highest BCUT2D eigenvalue weighted by Gasteiger charge is 2.41. The van der Waals surface area contributed by atoms with Crippen LogP contribution in [0.4, 0.5) is 5.82 Å². The third kappa shape index (κ3) is 3.03. The van der Waals surface area contributed by atoms with Crippen LogP contribution in [0.25, 0.3) is 0 Å². The van der Waals surface area contributed by atoms with Crippen LogP contribution in [0.1, 0.15) is 36.2 Å². The quantitative estimate of drug-likeness (QED) is 0.795. The van der Waals surface area contributed by atoms with E-state index in [1.54, 1.807) is 12.1 Å². The van der Waals surface area contributed by atoms with Crippen LogP contribution < -0.4 is 5.32 Å². The van der Waals surface area contributed by atoms with Crippen molar-refractivity contribution in [3.05, 3.63) is 17.8 Å². The van der Waals surface area contributed by atoms with Crippen molar-refractivity contribution < 1.29 is 9.53 Å². The van der Waals surface area contributed by atoms with Gasteiger partial charge in [-0.2, -0.15) is 0 Å². The van der Waals surface area contributed by atoms with Crippen molar-refractivity contribution in [2.24, 2.45) is 17.8 Å². The van der Waals surface area contributed by atoms with Gasteiger partial charge in [0.25, 0.3) is 0 Å². The molecule has 1 aromatic heterocycles. The SMILES string of the molecule is COC(=O)c1ccc(NCC(C2CC2)C2CC2)nn1. The second-order valence-corrected chi connectivity index (χ2v) is 5.52. The number of nitrogens with one attached hydrogen (secondary N) is 1. The van der Waals surface area contributed by atoms with Crippen molar-refractivity contribution in [1.82, 2.24) is 10.2 Å². The number of anilines is 1. The first-order valence-electron chi connectivity index (χ1n) is 6.94. The van der Waals surface area contributed by atoms with Gasteiger partial charge >= 0.3 is 5.97 Å². The Bertz CT molecular complexity index is 440. The fourth-order valence-corrected chi connectivity index (χ4v) is 2.63. The van der Waals surface area contributed by atoms with E-state index in [0.29, 0.717) is 0 Å². The van der Waals surface area contributed by atoms with Gasteiger partial charge in [0.2, 0.25) is 0 Å². The standard InChI is InChI=1S/C14H19N3O2/c1-19-14(18)12-6-7-13(17-16-12)15-8-11(9-2-3-9)10-4-5-10/h6-7,9-11H,2-5,8H2,1H3,(H,15,17). The number of methoxy groups -OCH3 is 1. The molecular formula is C14H19N3O2. The summed E-state index contributed by atoms with van der Waals surface area (Å²) in [5.41, 5.74) is 0.244. The second kappa shape index (κ2) is 5.15.